The maximum Gasteiger partial charge on any atom is 0.137 e. The molecule has 5 saturated carbocycles. The van der Waals surface area contributed by atoms with Gasteiger partial charge >= 0.3 is 0 Å². The molecule has 146 valence electrons. The molecule has 1 spiro atoms. The number of fused-ring (bicyclic) bond motifs is 4. The Morgan fingerprint density at radius 1 is 1.27 bits per heavy atom. The SMILES string of the molecule is CO[C@@H]1C[C@H]2[C@@H]3C(=O)C[C@@H]([C@H](O)CO)[C@@]3(C)CC[C@@H]2[C@@]2(C)CC[C@@H]3C[C@]312. The van der Waals surface area contributed by atoms with Crippen molar-refractivity contribution >= 4 is 5.78 Å². The van der Waals surface area contributed by atoms with Crippen molar-refractivity contribution in [1.82, 2.24) is 0 Å². The topological polar surface area (TPSA) is 66.8 Å². The highest BCUT2D eigenvalue weighted by atomic mass is 16.5. The second-order valence-corrected chi connectivity index (χ2v) is 10.7. The van der Waals surface area contributed by atoms with Crippen molar-refractivity contribution in [2.24, 2.45) is 45.8 Å². The zero-order valence-corrected chi connectivity index (χ0v) is 16.4. The number of aliphatic hydroxyl groups is 2. The smallest absolute Gasteiger partial charge is 0.137 e. The maximum atomic E-state index is 13.1. The largest absolute Gasteiger partial charge is 0.394 e. The van der Waals surface area contributed by atoms with Crippen LogP contribution in [0.5, 0.6) is 0 Å². The highest BCUT2D eigenvalue weighted by molar-refractivity contribution is 5.85. The van der Waals surface area contributed by atoms with Crippen LogP contribution in [-0.2, 0) is 9.53 Å². The van der Waals surface area contributed by atoms with Gasteiger partial charge in [0.05, 0.1) is 18.8 Å². The molecule has 5 rings (SSSR count). The van der Waals surface area contributed by atoms with Gasteiger partial charge in [-0.2, -0.15) is 0 Å². The molecule has 0 aromatic rings. The Morgan fingerprint density at radius 2 is 2.04 bits per heavy atom. The summed E-state index contributed by atoms with van der Waals surface area (Å²) in [5.41, 5.74) is 0.528. The van der Waals surface area contributed by atoms with Crippen LogP contribution in [0.1, 0.15) is 58.8 Å². The summed E-state index contributed by atoms with van der Waals surface area (Å²) in [5, 5.41) is 19.9. The first-order valence-corrected chi connectivity index (χ1v) is 10.7. The average molecular weight is 363 g/mol. The molecular weight excluding hydrogens is 328 g/mol. The van der Waals surface area contributed by atoms with Crippen LogP contribution in [0.4, 0.5) is 0 Å². The zero-order valence-electron chi connectivity index (χ0n) is 16.4. The Hall–Kier alpha value is -0.450. The van der Waals surface area contributed by atoms with Gasteiger partial charge in [0.25, 0.3) is 0 Å². The summed E-state index contributed by atoms with van der Waals surface area (Å²) in [6.45, 7) is 4.48. The lowest BCUT2D eigenvalue weighted by atomic mass is 9.45. The molecule has 4 nitrogen and oxygen atoms in total. The second-order valence-electron chi connectivity index (χ2n) is 10.7. The molecule has 0 saturated heterocycles. The monoisotopic (exact) mass is 362 g/mol. The van der Waals surface area contributed by atoms with E-state index >= 15 is 0 Å². The molecule has 5 aliphatic carbocycles. The number of aliphatic hydroxyl groups excluding tert-OH is 2. The predicted molar refractivity (Wildman–Crippen MR) is 97.3 cm³/mol. The maximum absolute atomic E-state index is 13.1. The Labute approximate surface area is 156 Å². The van der Waals surface area contributed by atoms with Gasteiger partial charge in [-0.15, -0.1) is 0 Å². The fraction of sp³-hybridized carbons (Fsp3) is 0.955. The van der Waals surface area contributed by atoms with Gasteiger partial charge in [0, 0.05) is 30.8 Å². The summed E-state index contributed by atoms with van der Waals surface area (Å²) in [5.74, 6) is 2.13. The third-order valence-corrected chi connectivity index (χ3v) is 10.3. The molecule has 0 radical (unpaired) electrons. The standard InChI is InChI=1S/C22H34O4/c1-20-6-5-14-13(19(20)16(24)9-15(20)17(25)11-23)8-18(26-3)22-10-12(22)4-7-21(14,22)2/h12-15,17-19,23,25H,4-11H2,1-3H3/t12-,13-,14+,15+,17-,18-,19-,20-,21-,22+/m1/s1. The van der Waals surface area contributed by atoms with Gasteiger partial charge in [0.1, 0.15) is 5.78 Å². The van der Waals surface area contributed by atoms with E-state index in [2.05, 4.69) is 13.8 Å². The summed E-state index contributed by atoms with van der Waals surface area (Å²) in [6, 6.07) is 0. The molecule has 0 aliphatic heterocycles. The summed E-state index contributed by atoms with van der Waals surface area (Å²) in [4.78, 5) is 13.1. The predicted octanol–water partition coefficient (Wildman–Crippen LogP) is 2.80. The van der Waals surface area contributed by atoms with Crippen LogP contribution in [0.25, 0.3) is 0 Å². The number of methoxy groups -OCH3 is 1. The minimum Gasteiger partial charge on any atom is -0.394 e. The van der Waals surface area contributed by atoms with Gasteiger partial charge in [0.15, 0.2) is 0 Å². The van der Waals surface area contributed by atoms with E-state index < -0.39 is 6.10 Å². The number of rotatable bonds is 3. The van der Waals surface area contributed by atoms with E-state index in [1.54, 1.807) is 0 Å². The summed E-state index contributed by atoms with van der Waals surface area (Å²) < 4.78 is 6.08. The number of carbonyl (C=O) groups excluding carboxylic acids is 1. The molecule has 5 fully saturated rings. The van der Waals surface area contributed by atoms with Gasteiger partial charge in [-0.3, -0.25) is 4.79 Å². The van der Waals surface area contributed by atoms with E-state index in [4.69, 9.17) is 4.74 Å². The van der Waals surface area contributed by atoms with Gasteiger partial charge in [-0.1, -0.05) is 13.8 Å². The molecule has 10 atom stereocenters. The Balaban J connectivity index is 1.53. The molecule has 26 heavy (non-hydrogen) atoms. The van der Waals surface area contributed by atoms with Crippen LogP contribution >= 0.6 is 0 Å². The number of hydrogen-bond acceptors (Lipinski definition) is 4. The van der Waals surface area contributed by atoms with Crippen molar-refractivity contribution in [3.63, 3.8) is 0 Å². The normalized spacial score (nSPS) is 58.6. The molecular formula is C22H34O4. The second kappa shape index (κ2) is 5.33. The van der Waals surface area contributed by atoms with Crippen molar-refractivity contribution in [1.29, 1.82) is 0 Å². The fourth-order valence-electron chi connectivity index (χ4n) is 9.12. The van der Waals surface area contributed by atoms with Crippen LogP contribution in [0.3, 0.4) is 0 Å². The van der Waals surface area contributed by atoms with E-state index in [9.17, 15) is 15.0 Å². The van der Waals surface area contributed by atoms with E-state index in [1.165, 1.54) is 25.7 Å². The first-order valence-electron chi connectivity index (χ1n) is 10.7. The fourth-order valence-corrected chi connectivity index (χ4v) is 9.12. The quantitative estimate of drug-likeness (QED) is 0.810. The lowest BCUT2D eigenvalue weighted by Crippen LogP contribution is -2.58. The van der Waals surface area contributed by atoms with Crippen molar-refractivity contribution in [2.75, 3.05) is 13.7 Å². The molecule has 0 aromatic carbocycles. The van der Waals surface area contributed by atoms with Crippen molar-refractivity contribution in [2.45, 2.75) is 71.0 Å². The minimum atomic E-state index is -0.770. The highest BCUT2D eigenvalue weighted by Crippen LogP contribution is 2.81. The summed E-state index contributed by atoms with van der Waals surface area (Å²) in [7, 11) is 1.87. The van der Waals surface area contributed by atoms with E-state index in [1.807, 2.05) is 7.11 Å². The number of hydrogen-bond donors (Lipinski definition) is 2. The first-order chi connectivity index (χ1) is 12.3. The minimum absolute atomic E-state index is 0.0390. The number of carbonyl (C=O) groups is 1. The zero-order chi connectivity index (χ0) is 18.5. The van der Waals surface area contributed by atoms with Crippen LogP contribution in [-0.4, -0.2) is 41.9 Å². The number of ketones is 1. The Kier molecular flexibility index (Phi) is 3.61. The third kappa shape index (κ3) is 1.80. The third-order valence-electron chi connectivity index (χ3n) is 10.3. The molecule has 0 aromatic heterocycles. The van der Waals surface area contributed by atoms with Crippen LogP contribution in [0, 0.1) is 45.8 Å². The lowest BCUT2D eigenvalue weighted by molar-refractivity contribution is -0.168. The molecule has 0 unspecified atom stereocenters. The van der Waals surface area contributed by atoms with Gasteiger partial charge in [-0.25, -0.2) is 0 Å². The lowest BCUT2D eigenvalue weighted by Gasteiger charge is -2.60. The highest BCUT2D eigenvalue weighted by Gasteiger charge is 2.78. The van der Waals surface area contributed by atoms with E-state index in [0.717, 1.165) is 18.8 Å². The summed E-state index contributed by atoms with van der Waals surface area (Å²) in [6.07, 6.45) is 7.11. The molecule has 4 heteroatoms. The van der Waals surface area contributed by atoms with Gasteiger partial charge in [-0.05, 0) is 67.1 Å². The molecule has 0 heterocycles. The van der Waals surface area contributed by atoms with Crippen molar-refractivity contribution < 1.29 is 19.7 Å². The summed E-state index contributed by atoms with van der Waals surface area (Å²) >= 11 is 0. The van der Waals surface area contributed by atoms with E-state index in [-0.39, 0.29) is 23.9 Å². The Morgan fingerprint density at radius 3 is 2.69 bits per heavy atom. The van der Waals surface area contributed by atoms with Gasteiger partial charge in [0.2, 0.25) is 0 Å². The number of ether oxygens (including phenoxy) is 1. The number of Topliss-reactive ketones (excluding diaryl/α,β-unsaturated/α-hetero) is 1. The van der Waals surface area contributed by atoms with Crippen LogP contribution < -0.4 is 0 Å². The molecule has 2 N–H and O–H groups in total. The van der Waals surface area contributed by atoms with Crippen molar-refractivity contribution in [3.8, 4) is 0 Å². The molecule has 0 bridgehead atoms. The van der Waals surface area contributed by atoms with Gasteiger partial charge < -0.3 is 14.9 Å². The Bertz CT molecular complexity index is 634. The van der Waals surface area contributed by atoms with E-state index in [0.29, 0.717) is 41.0 Å². The molecule has 0 amide bonds. The first kappa shape index (κ1) is 17.6. The molecule has 5 aliphatic rings. The van der Waals surface area contributed by atoms with Crippen molar-refractivity contribution in [3.05, 3.63) is 0 Å². The average Bonchev–Trinajstić information content (AvgIpc) is 3.19. The van der Waals surface area contributed by atoms with Crippen LogP contribution in [0.2, 0.25) is 0 Å². The van der Waals surface area contributed by atoms with Crippen LogP contribution in [0.15, 0.2) is 0 Å².